The van der Waals surface area contributed by atoms with Crippen molar-refractivity contribution in [3.05, 3.63) is 70.3 Å². The number of hydrogen-bond acceptors (Lipinski definition) is 5. The van der Waals surface area contributed by atoms with Gasteiger partial charge in [-0.3, -0.25) is 9.59 Å². The van der Waals surface area contributed by atoms with Crippen LogP contribution in [0.25, 0.3) is 0 Å². The molecule has 10 heteroatoms. The van der Waals surface area contributed by atoms with E-state index in [4.69, 9.17) is 4.42 Å². The van der Waals surface area contributed by atoms with Gasteiger partial charge in [0, 0.05) is 22.8 Å². The smallest absolute Gasteiger partial charge is 0.418 e. The second kappa shape index (κ2) is 9.49. The van der Waals surface area contributed by atoms with Crippen LogP contribution < -0.4 is 16.0 Å². The summed E-state index contributed by atoms with van der Waals surface area (Å²) in [5.74, 6) is -1.11. The Kier molecular flexibility index (Phi) is 6.78. The van der Waals surface area contributed by atoms with Gasteiger partial charge in [0.05, 0.1) is 18.4 Å². The van der Waals surface area contributed by atoms with E-state index in [1.807, 2.05) is 17.5 Å². The molecule has 2 aromatic heterocycles. The van der Waals surface area contributed by atoms with Gasteiger partial charge in [-0.05, 0) is 48.2 Å². The fourth-order valence-electron chi connectivity index (χ4n) is 2.63. The third kappa shape index (κ3) is 5.86. The molecule has 3 N–H and O–H groups in total. The number of benzene rings is 1. The van der Waals surface area contributed by atoms with Gasteiger partial charge in [0.1, 0.15) is 0 Å². The first-order valence-electron chi connectivity index (χ1n) is 8.92. The minimum atomic E-state index is -4.68. The number of alkyl halides is 3. The van der Waals surface area contributed by atoms with Crippen LogP contribution in [0.4, 0.5) is 24.5 Å². The summed E-state index contributed by atoms with van der Waals surface area (Å²) < 4.78 is 45.3. The van der Waals surface area contributed by atoms with E-state index in [2.05, 4.69) is 16.0 Å². The van der Waals surface area contributed by atoms with Crippen molar-refractivity contribution in [1.29, 1.82) is 0 Å². The molecule has 0 aliphatic carbocycles. The number of carbonyl (C=O) groups is 2. The Labute approximate surface area is 174 Å². The molecule has 158 valence electrons. The van der Waals surface area contributed by atoms with Gasteiger partial charge in [0.2, 0.25) is 5.91 Å². The van der Waals surface area contributed by atoms with Gasteiger partial charge in [-0.2, -0.15) is 13.2 Å². The predicted molar refractivity (Wildman–Crippen MR) is 108 cm³/mol. The molecule has 1 aromatic carbocycles. The Morgan fingerprint density at radius 3 is 2.60 bits per heavy atom. The average molecular weight is 437 g/mol. The Balaban J connectivity index is 1.60. The van der Waals surface area contributed by atoms with Crippen LogP contribution in [0.2, 0.25) is 0 Å². The molecule has 2 heterocycles. The lowest BCUT2D eigenvalue weighted by molar-refractivity contribution is -0.137. The lowest BCUT2D eigenvalue weighted by Gasteiger charge is -2.16. The van der Waals surface area contributed by atoms with Crippen molar-refractivity contribution in [2.45, 2.75) is 12.6 Å². The first-order chi connectivity index (χ1) is 14.3. The van der Waals surface area contributed by atoms with Crippen molar-refractivity contribution >= 4 is 34.5 Å². The molecule has 0 aliphatic heterocycles. The van der Waals surface area contributed by atoms with Crippen LogP contribution >= 0.6 is 11.3 Å². The predicted octanol–water partition coefficient (Wildman–Crippen LogP) is 4.38. The standard InChI is InChI=1S/C20H18F3N3O3S/c21-20(22,23)15-11-13(26-19(28)17-4-1-9-29-17)5-6-16(15)25-12-18(27)24-8-7-14-3-2-10-30-14/h1-6,9-11,25H,7-8,12H2,(H,24,27)(H,26,28). The molecule has 0 unspecified atom stereocenters. The number of carbonyl (C=O) groups excluding carboxylic acids is 2. The summed E-state index contributed by atoms with van der Waals surface area (Å²) in [6, 6.07) is 10.0. The minimum absolute atomic E-state index is 0.0232. The average Bonchev–Trinajstić information content (AvgIpc) is 3.40. The maximum absolute atomic E-state index is 13.5. The van der Waals surface area contributed by atoms with Crippen LogP contribution in [0, 0.1) is 0 Å². The molecular weight excluding hydrogens is 419 g/mol. The second-order valence-electron chi connectivity index (χ2n) is 6.22. The molecule has 0 bridgehead atoms. The molecular formula is C20H18F3N3O3S. The largest absolute Gasteiger partial charge is 0.459 e. The van der Waals surface area contributed by atoms with Crippen LogP contribution in [0.5, 0.6) is 0 Å². The van der Waals surface area contributed by atoms with Crippen LogP contribution in [-0.4, -0.2) is 24.9 Å². The number of rotatable bonds is 8. The van der Waals surface area contributed by atoms with E-state index < -0.39 is 23.6 Å². The van der Waals surface area contributed by atoms with E-state index in [0.717, 1.165) is 10.9 Å². The fraction of sp³-hybridized carbons (Fsp3) is 0.200. The summed E-state index contributed by atoms with van der Waals surface area (Å²) in [6.45, 7) is 0.0799. The maximum Gasteiger partial charge on any atom is 0.418 e. The molecule has 0 saturated carbocycles. The quantitative estimate of drug-likeness (QED) is 0.488. The Hall–Kier alpha value is -3.27. The summed E-state index contributed by atoms with van der Waals surface area (Å²) in [5, 5.41) is 9.45. The first-order valence-corrected chi connectivity index (χ1v) is 9.80. The molecule has 2 amide bonds. The van der Waals surface area contributed by atoms with Crippen molar-refractivity contribution in [1.82, 2.24) is 5.32 Å². The monoisotopic (exact) mass is 437 g/mol. The van der Waals surface area contributed by atoms with E-state index >= 15 is 0 Å². The first kappa shape index (κ1) is 21.4. The van der Waals surface area contributed by atoms with Crippen molar-refractivity contribution < 1.29 is 27.2 Å². The normalized spacial score (nSPS) is 11.2. The summed E-state index contributed by atoms with van der Waals surface area (Å²) in [6.07, 6.45) is -2.74. The van der Waals surface area contributed by atoms with Gasteiger partial charge >= 0.3 is 6.18 Å². The van der Waals surface area contributed by atoms with Gasteiger partial charge in [-0.1, -0.05) is 6.07 Å². The van der Waals surface area contributed by atoms with Gasteiger partial charge in [0.15, 0.2) is 5.76 Å². The highest BCUT2D eigenvalue weighted by atomic mass is 32.1. The molecule has 0 spiro atoms. The molecule has 0 aliphatic rings. The zero-order valence-electron chi connectivity index (χ0n) is 15.6. The van der Waals surface area contributed by atoms with Gasteiger partial charge in [0.25, 0.3) is 5.91 Å². The Morgan fingerprint density at radius 1 is 1.10 bits per heavy atom. The molecule has 30 heavy (non-hydrogen) atoms. The number of furan rings is 1. The number of hydrogen-bond donors (Lipinski definition) is 3. The zero-order chi connectivity index (χ0) is 21.6. The van der Waals surface area contributed by atoms with Gasteiger partial charge < -0.3 is 20.4 Å². The van der Waals surface area contributed by atoms with Crippen LogP contribution in [0.3, 0.4) is 0 Å². The van der Waals surface area contributed by atoms with Crippen molar-refractivity contribution in [3.63, 3.8) is 0 Å². The highest BCUT2D eigenvalue weighted by Crippen LogP contribution is 2.36. The number of halogens is 3. The van der Waals surface area contributed by atoms with Crippen LogP contribution in [-0.2, 0) is 17.4 Å². The minimum Gasteiger partial charge on any atom is -0.459 e. The fourth-order valence-corrected chi connectivity index (χ4v) is 3.34. The van der Waals surface area contributed by atoms with Gasteiger partial charge in [-0.25, -0.2) is 0 Å². The van der Waals surface area contributed by atoms with Crippen LogP contribution in [0.15, 0.2) is 58.5 Å². The zero-order valence-corrected chi connectivity index (χ0v) is 16.4. The third-order valence-corrected chi connectivity index (χ3v) is 4.98. The number of nitrogens with one attached hydrogen (secondary N) is 3. The molecule has 0 fully saturated rings. The number of anilines is 2. The molecule has 3 rings (SSSR count). The number of amides is 2. The van der Waals surface area contributed by atoms with Gasteiger partial charge in [-0.15, -0.1) is 11.3 Å². The highest BCUT2D eigenvalue weighted by Gasteiger charge is 2.34. The summed E-state index contributed by atoms with van der Waals surface area (Å²) in [7, 11) is 0. The van der Waals surface area contributed by atoms with E-state index in [-0.39, 0.29) is 23.7 Å². The van der Waals surface area contributed by atoms with E-state index in [0.29, 0.717) is 13.0 Å². The SMILES string of the molecule is O=C(CNc1ccc(NC(=O)c2ccco2)cc1C(F)(F)F)NCCc1cccs1. The second-order valence-corrected chi connectivity index (χ2v) is 7.25. The lowest BCUT2D eigenvalue weighted by atomic mass is 10.1. The van der Waals surface area contributed by atoms with E-state index in [9.17, 15) is 22.8 Å². The van der Waals surface area contributed by atoms with E-state index in [1.165, 1.54) is 30.5 Å². The van der Waals surface area contributed by atoms with E-state index in [1.54, 1.807) is 11.3 Å². The third-order valence-electron chi connectivity index (χ3n) is 4.04. The summed E-state index contributed by atoms with van der Waals surface area (Å²) >= 11 is 1.57. The number of thiophene rings is 1. The van der Waals surface area contributed by atoms with Crippen molar-refractivity contribution in [3.8, 4) is 0 Å². The Morgan fingerprint density at radius 2 is 1.93 bits per heavy atom. The molecule has 0 atom stereocenters. The molecule has 6 nitrogen and oxygen atoms in total. The summed E-state index contributed by atoms with van der Waals surface area (Å²) in [4.78, 5) is 25.0. The molecule has 0 saturated heterocycles. The highest BCUT2D eigenvalue weighted by molar-refractivity contribution is 7.09. The molecule has 3 aromatic rings. The van der Waals surface area contributed by atoms with Crippen molar-refractivity contribution in [2.75, 3.05) is 23.7 Å². The molecule has 0 radical (unpaired) electrons. The van der Waals surface area contributed by atoms with Crippen LogP contribution in [0.1, 0.15) is 21.0 Å². The lowest BCUT2D eigenvalue weighted by Crippen LogP contribution is -2.31. The maximum atomic E-state index is 13.5. The Bertz CT molecular complexity index is 987. The summed E-state index contributed by atoms with van der Waals surface area (Å²) in [5.41, 5.74) is -1.30. The van der Waals surface area contributed by atoms with Crippen molar-refractivity contribution in [2.24, 2.45) is 0 Å². The topological polar surface area (TPSA) is 83.4 Å².